The molecule has 29 heavy (non-hydrogen) atoms. The van der Waals surface area contributed by atoms with Crippen LogP contribution < -0.4 is 9.62 Å². The van der Waals surface area contributed by atoms with Gasteiger partial charge in [-0.2, -0.15) is 0 Å². The quantitative estimate of drug-likeness (QED) is 0.641. The number of sulfonamides is 1. The molecule has 0 aliphatic heterocycles. The predicted molar refractivity (Wildman–Crippen MR) is 112 cm³/mol. The molecule has 0 unspecified atom stereocenters. The van der Waals surface area contributed by atoms with Crippen molar-refractivity contribution in [2.75, 3.05) is 10.8 Å². The maximum atomic E-state index is 13.4. The van der Waals surface area contributed by atoms with E-state index >= 15 is 0 Å². The molecule has 3 rings (SSSR count). The van der Waals surface area contributed by atoms with Gasteiger partial charge < -0.3 is 9.73 Å². The van der Waals surface area contributed by atoms with Crippen LogP contribution in [0.15, 0.2) is 70.4 Å². The first-order valence-corrected chi connectivity index (χ1v) is 10.7. The Morgan fingerprint density at radius 2 is 1.76 bits per heavy atom. The zero-order valence-corrected chi connectivity index (χ0v) is 17.5. The molecular formula is C22H24N2O4S. The third kappa shape index (κ3) is 4.68. The number of nitrogens with one attached hydrogen (secondary N) is 1. The van der Waals surface area contributed by atoms with E-state index < -0.39 is 15.9 Å². The van der Waals surface area contributed by atoms with Crippen LogP contribution in [0.1, 0.15) is 22.3 Å². The van der Waals surface area contributed by atoms with Gasteiger partial charge in [0.2, 0.25) is 5.91 Å². The highest BCUT2D eigenvalue weighted by Crippen LogP contribution is 2.28. The van der Waals surface area contributed by atoms with Gasteiger partial charge in [0, 0.05) is 12.1 Å². The lowest BCUT2D eigenvalue weighted by Gasteiger charge is -2.26. The summed E-state index contributed by atoms with van der Waals surface area (Å²) in [6.07, 6.45) is 3.05. The van der Waals surface area contributed by atoms with E-state index in [1.165, 1.54) is 16.8 Å². The zero-order chi connectivity index (χ0) is 21.0. The molecular weight excluding hydrogens is 388 g/mol. The Bertz CT molecular complexity index is 1090. The van der Waals surface area contributed by atoms with Crippen LogP contribution >= 0.6 is 0 Å². The van der Waals surface area contributed by atoms with E-state index in [0.717, 1.165) is 22.3 Å². The number of hydrogen-bond acceptors (Lipinski definition) is 4. The maximum absolute atomic E-state index is 13.4. The Morgan fingerprint density at radius 1 is 1.03 bits per heavy atom. The second kappa shape index (κ2) is 8.53. The molecule has 7 heteroatoms. The minimum atomic E-state index is -3.92. The smallest absolute Gasteiger partial charge is 0.264 e. The fourth-order valence-electron chi connectivity index (χ4n) is 2.92. The van der Waals surface area contributed by atoms with E-state index in [2.05, 4.69) is 5.32 Å². The molecule has 0 saturated carbocycles. The molecule has 1 N–H and O–H groups in total. The lowest BCUT2D eigenvalue weighted by molar-refractivity contribution is -0.119. The molecule has 1 heterocycles. The van der Waals surface area contributed by atoms with Crippen LogP contribution in [0.5, 0.6) is 0 Å². The van der Waals surface area contributed by atoms with Crippen molar-refractivity contribution in [3.8, 4) is 0 Å². The molecule has 0 spiro atoms. The van der Waals surface area contributed by atoms with Crippen molar-refractivity contribution in [3.05, 3.63) is 83.3 Å². The van der Waals surface area contributed by atoms with Gasteiger partial charge in [-0.3, -0.25) is 9.10 Å². The summed E-state index contributed by atoms with van der Waals surface area (Å²) < 4.78 is 33.0. The SMILES string of the molecule is Cc1ccc(S(=O)(=O)N(CC(=O)NCc2ccoc2)c2cccc(C)c2C)cc1. The number of hydrogen-bond donors (Lipinski definition) is 1. The van der Waals surface area contributed by atoms with Gasteiger partial charge in [-0.25, -0.2) is 8.42 Å². The number of furan rings is 1. The maximum Gasteiger partial charge on any atom is 0.264 e. The highest BCUT2D eigenvalue weighted by molar-refractivity contribution is 7.92. The number of anilines is 1. The second-order valence-electron chi connectivity index (χ2n) is 6.95. The Balaban J connectivity index is 1.94. The van der Waals surface area contributed by atoms with E-state index in [9.17, 15) is 13.2 Å². The van der Waals surface area contributed by atoms with Gasteiger partial charge >= 0.3 is 0 Å². The topological polar surface area (TPSA) is 79.6 Å². The monoisotopic (exact) mass is 412 g/mol. The van der Waals surface area contributed by atoms with Crippen molar-refractivity contribution in [3.63, 3.8) is 0 Å². The summed E-state index contributed by atoms with van der Waals surface area (Å²) >= 11 is 0. The van der Waals surface area contributed by atoms with Gasteiger partial charge in [0.15, 0.2) is 0 Å². The van der Waals surface area contributed by atoms with Crippen molar-refractivity contribution in [1.82, 2.24) is 5.32 Å². The average Bonchev–Trinajstić information content (AvgIpc) is 3.21. The van der Waals surface area contributed by atoms with E-state index in [1.54, 1.807) is 42.5 Å². The first-order valence-electron chi connectivity index (χ1n) is 9.22. The summed E-state index contributed by atoms with van der Waals surface area (Å²) in [7, 11) is -3.92. The highest BCUT2D eigenvalue weighted by atomic mass is 32.2. The minimum Gasteiger partial charge on any atom is -0.472 e. The lowest BCUT2D eigenvalue weighted by atomic mass is 10.1. The summed E-state index contributed by atoms with van der Waals surface area (Å²) in [5, 5.41) is 2.75. The van der Waals surface area contributed by atoms with Crippen molar-refractivity contribution in [2.45, 2.75) is 32.2 Å². The van der Waals surface area contributed by atoms with Gasteiger partial charge in [-0.05, 0) is 56.2 Å². The number of benzene rings is 2. The first kappa shape index (κ1) is 20.7. The normalized spacial score (nSPS) is 11.3. The van der Waals surface area contributed by atoms with Gasteiger partial charge in [-0.15, -0.1) is 0 Å². The van der Waals surface area contributed by atoms with Crippen LogP contribution in [-0.4, -0.2) is 20.9 Å². The molecule has 2 aromatic carbocycles. The second-order valence-corrected chi connectivity index (χ2v) is 8.81. The molecule has 3 aromatic rings. The standard InChI is InChI=1S/C22H24N2O4S/c1-16-7-9-20(10-8-16)29(26,27)24(21-6-4-5-17(2)18(21)3)14-22(25)23-13-19-11-12-28-15-19/h4-12,15H,13-14H2,1-3H3,(H,23,25). The molecule has 0 saturated heterocycles. The number of aryl methyl sites for hydroxylation is 2. The van der Waals surface area contributed by atoms with Gasteiger partial charge in [0.1, 0.15) is 6.54 Å². The Hall–Kier alpha value is -3.06. The van der Waals surface area contributed by atoms with E-state index in [0.29, 0.717) is 5.69 Å². The molecule has 152 valence electrons. The van der Waals surface area contributed by atoms with Crippen molar-refractivity contribution in [2.24, 2.45) is 0 Å². The molecule has 0 radical (unpaired) electrons. The molecule has 0 fully saturated rings. The number of carbonyl (C=O) groups is 1. The number of rotatable bonds is 7. The van der Waals surface area contributed by atoms with E-state index in [4.69, 9.17) is 4.42 Å². The average molecular weight is 413 g/mol. The molecule has 0 bridgehead atoms. The number of carbonyl (C=O) groups excluding carboxylic acids is 1. The Kier molecular flexibility index (Phi) is 6.08. The molecule has 6 nitrogen and oxygen atoms in total. The molecule has 0 aliphatic rings. The van der Waals surface area contributed by atoms with Crippen LogP contribution in [0.25, 0.3) is 0 Å². The third-order valence-electron chi connectivity index (χ3n) is 4.81. The third-order valence-corrected chi connectivity index (χ3v) is 6.58. The largest absolute Gasteiger partial charge is 0.472 e. The lowest BCUT2D eigenvalue weighted by Crippen LogP contribution is -2.41. The predicted octanol–water partition coefficient (Wildman–Crippen LogP) is 3.72. The summed E-state index contributed by atoms with van der Waals surface area (Å²) in [6.45, 7) is 5.60. The summed E-state index contributed by atoms with van der Waals surface area (Å²) in [5.41, 5.74) is 4.01. The number of amides is 1. The Labute approximate surface area is 171 Å². The van der Waals surface area contributed by atoms with Crippen molar-refractivity contribution < 1.29 is 17.6 Å². The fraction of sp³-hybridized carbons (Fsp3) is 0.227. The molecule has 0 aliphatic carbocycles. The molecule has 1 amide bonds. The molecule has 0 atom stereocenters. The van der Waals surface area contributed by atoms with E-state index in [1.807, 2.05) is 26.8 Å². The van der Waals surface area contributed by atoms with E-state index in [-0.39, 0.29) is 18.0 Å². The Morgan fingerprint density at radius 3 is 2.41 bits per heavy atom. The van der Waals surface area contributed by atoms with Crippen molar-refractivity contribution in [1.29, 1.82) is 0 Å². The van der Waals surface area contributed by atoms with Crippen LogP contribution in [0.2, 0.25) is 0 Å². The van der Waals surface area contributed by atoms with Crippen LogP contribution in [0.4, 0.5) is 5.69 Å². The van der Waals surface area contributed by atoms with Gasteiger partial charge in [0.25, 0.3) is 10.0 Å². The fourth-order valence-corrected chi connectivity index (χ4v) is 4.40. The van der Waals surface area contributed by atoms with Crippen LogP contribution in [0.3, 0.4) is 0 Å². The first-order chi connectivity index (χ1) is 13.8. The summed E-state index contributed by atoms with van der Waals surface area (Å²) in [6, 6.07) is 13.8. The van der Waals surface area contributed by atoms with Crippen LogP contribution in [-0.2, 0) is 21.4 Å². The number of nitrogens with zero attached hydrogens (tertiary/aromatic N) is 1. The highest BCUT2D eigenvalue weighted by Gasteiger charge is 2.28. The van der Waals surface area contributed by atoms with Gasteiger partial charge in [0.05, 0.1) is 23.1 Å². The molecule has 1 aromatic heterocycles. The summed E-state index contributed by atoms with van der Waals surface area (Å²) in [5.74, 6) is -0.400. The minimum absolute atomic E-state index is 0.145. The zero-order valence-electron chi connectivity index (χ0n) is 16.7. The van der Waals surface area contributed by atoms with Crippen molar-refractivity contribution >= 4 is 21.6 Å². The van der Waals surface area contributed by atoms with Gasteiger partial charge in [-0.1, -0.05) is 29.8 Å². The summed E-state index contributed by atoms with van der Waals surface area (Å²) in [4.78, 5) is 12.7. The van der Waals surface area contributed by atoms with Crippen LogP contribution in [0, 0.1) is 20.8 Å².